The van der Waals surface area contributed by atoms with E-state index >= 15 is 0 Å². The van der Waals surface area contributed by atoms with Gasteiger partial charge in [-0.15, -0.1) is 10.2 Å². The van der Waals surface area contributed by atoms with E-state index in [9.17, 15) is 31.0 Å². The normalized spacial score (nSPS) is 12.3. The van der Waals surface area contributed by atoms with Gasteiger partial charge in [-0.3, -0.25) is 9.11 Å². The van der Waals surface area contributed by atoms with Crippen LogP contribution in [0.4, 0.5) is 22.7 Å². The molecule has 0 saturated carbocycles. The lowest BCUT2D eigenvalue weighted by Crippen LogP contribution is -2.06. The number of para-hydroxylation sites is 1. The molecule has 11 nitrogen and oxygen atoms in total. The molecular weight excluding hydrogens is 532 g/mol. The van der Waals surface area contributed by atoms with Crippen LogP contribution >= 0.6 is 0 Å². The summed E-state index contributed by atoms with van der Waals surface area (Å²) in [5.41, 5.74) is 1.68. The van der Waals surface area contributed by atoms with Gasteiger partial charge >= 0.3 is 0 Å². The van der Waals surface area contributed by atoms with E-state index in [-0.39, 0.29) is 33.1 Å². The van der Waals surface area contributed by atoms with Gasteiger partial charge in [0.15, 0.2) is 5.75 Å². The van der Waals surface area contributed by atoms with Crippen LogP contribution in [0.1, 0.15) is 11.1 Å². The molecule has 0 heterocycles. The van der Waals surface area contributed by atoms with Crippen LogP contribution in [0.2, 0.25) is 0 Å². The maximum absolute atomic E-state index is 11.9. The molecule has 0 spiro atoms. The Labute approximate surface area is 219 Å². The van der Waals surface area contributed by atoms with E-state index in [0.717, 1.165) is 0 Å². The Morgan fingerprint density at radius 3 is 2.21 bits per heavy atom. The van der Waals surface area contributed by atoms with Gasteiger partial charge < -0.3 is 15.7 Å². The number of nitrogens with one attached hydrogen (secondary N) is 2. The van der Waals surface area contributed by atoms with Crippen LogP contribution in [0.25, 0.3) is 10.8 Å². The fraction of sp³-hybridized carbons (Fsp3) is 0.120. The molecule has 0 aliphatic rings. The Bertz CT molecular complexity index is 1770. The van der Waals surface area contributed by atoms with Crippen molar-refractivity contribution in [3.63, 3.8) is 0 Å². The largest absolute Gasteiger partial charge is 0.505 e. The van der Waals surface area contributed by atoms with Crippen LogP contribution in [0.3, 0.4) is 0 Å². The Morgan fingerprint density at radius 2 is 1.58 bits per heavy atom. The minimum absolute atomic E-state index is 0.00600. The molecule has 198 valence electrons. The lowest BCUT2D eigenvalue weighted by atomic mass is 10.0. The van der Waals surface area contributed by atoms with E-state index in [1.54, 1.807) is 50.4 Å². The predicted octanol–water partition coefficient (Wildman–Crippen LogP) is 5.23. The first-order valence-corrected chi connectivity index (χ1v) is 14.0. The summed E-state index contributed by atoms with van der Waals surface area (Å²) < 4.78 is 66.9. The van der Waals surface area contributed by atoms with E-state index in [2.05, 4.69) is 20.9 Å². The Balaban J connectivity index is 1.92. The summed E-state index contributed by atoms with van der Waals surface area (Å²) in [4.78, 5) is -0.834. The second kappa shape index (κ2) is 10.5. The molecule has 0 aliphatic carbocycles. The van der Waals surface area contributed by atoms with Gasteiger partial charge in [-0.2, -0.15) is 16.8 Å². The summed E-state index contributed by atoms with van der Waals surface area (Å²) in [6.07, 6.45) is 0. The smallest absolute Gasteiger partial charge is 0.296 e. The Morgan fingerprint density at radius 1 is 0.868 bits per heavy atom. The number of azo groups is 1. The van der Waals surface area contributed by atoms with Crippen LogP contribution < -0.4 is 10.6 Å². The summed E-state index contributed by atoms with van der Waals surface area (Å²) in [6, 6.07) is 16.9. The lowest BCUT2D eigenvalue weighted by molar-refractivity contribution is 0.480. The standard InChI is InChI=1S/C25H24N4O7S2/c1-15-10-17-12-19(37(31,32)33)13-21(27-18-6-4-3-5-7-18)23(17)25(30)24(15)29-28-20-11-16(14-26-2)8-9-22(20)38(34,35)36/h3-13,26-27,30H,14H2,1-2H3,(H,31,32,33)(H,34,35,36). The third kappa shape index (κ3) is 5.82. The second-order valence-corrected chi connectivity index (χ2v) is 11.2. The maximum atomic E-state index is 11.9. The molecule has 13 heteroatoms. The van der Waals surface area contributed by atoms with Crippen molar-refractivity contribution < 1.29 is 31.0 Å². The number of rotatable bonds is 8. The van der Waals surface area contributed by atoms with Gasteiger partial charge in [0.25, 0.3) is 20.2 Å². The average Bonchev–Trinajstić information content (AvgIpc) is 2.83. The molecule has 0 saturated heterocycles. The molecule has 0 radical (unpaired) electrons. The van der Waals surface area contributed by atoms with E-state index in [4.69, 9.17) is 0 Å². The van der Waals surface area contributed by atoms with Crippen molar-refractivity contribution in [2.75, 3.05) is 12.4 Å². The number of hydrogen-bond acceptors (Lipinski definition) is 9. The molecule has 4 aromatic rings. The molecule has 4 aromatic carbocycles. The Hall–Kier alpha value is -3.88. The number of benzene rings is 4. The van der Waals surface area contributed by atoms with E-state index < -0.39 is 25.1 Å². The predicted molar refractivity (Wildman–Crippen MR) is 143 cm³/mol. The highest BCUT2D eigenvalue weighted by Crippen LogP contribution is 2.44. The molecule has 0 unspecified atom stereocenters. The fourth-order valence-electron chi connectivity index (χ4n) is 3.95. The molecule has 0 bridgehead atoms. The molecule has 0 fully saturated rings. The van der Waals surface area contributed by atoms with E-state index in [1.807, 2.05) is 0 Å². The van der Waals surface area contributed by atoms with Gasteiger partial charge in [-0.1, -0.05) is 24.3 Å². The zero-order valence-electron chi connectivity index (χ0n) is 20.2. The summed E-state index contributed by atoms with van der Waals surface area (Å²) in [6.45, 7) is 2.00. The van der Waals surface area contributed by atoms with Crippen LogP contribution in [-0.2, 0) is 26.8 Å². The number of phenols is 1. The highest BCUT2D eigenvalue weighted by Gasteiger charge is 2.20. The molecule has 5 N–H and O–H groups in total. The third-order valence-corrected chi connectivity index (χ3v) is 7.37. The number of aryl methyl sites for hydroxylation is 1. The van der Waals surface area contributed by atoms with Crippen molar-refractivity contribution in [3.05, 3.63) is 77.9 Å². The van der Waals surface area contributed by atoms with Crippen LogP contribution in [0.15, 0.2) is 86.7 Å². The first-order valence-electron chi connectivity index (χ1n) is 11.1. The van der Waals surface area contributed by atoms with E-state index in [1.165, 1.54) is 30.3 Å². The molecule has 0 aromatic heterocycles. The molecule has 0 amide bonds. The van der Waals surface area contributed by atoms with E-state index in [0.29, 0.717) is 28.7 Å². The zero-order chi connectivity index (χ0) is 27.7. The van der Waals surface area contributed by atoms with Crippen molar-refractivity contribution >= 4 is 53.8 Å². The van der Waals surface area contributed by atoms with Crippen molar-refractivity contribution in [2.24, 2.45) is 10.2 Å². The number of aromatic hydroxyl groups is 1. The van der Waals surface area contributed by atoms with Gasteiger partial charge in [0.2, 0.25) is 0 Å². The number of phenolic OH excluding ortho intramolecular Hbond substituents is 1. The highest BCUT2D eigenvalue weighted by atomic mass is 32.2. The minimum atomic E-state index is -4.61. The molecule has 38 heavy (non-hydrogen) atoms. The molecule has 0 aliphatic heterocycles. The van der Waals surface area contributed by atoms with Gasteiger partial charge in [-0.25, -0.2) is 0 Å². The van der Waals surface area contributed by atoms with Gasteiger partial charge in [-0.05, 0) is 72.9 Å². The van der Waals surface area contributed by atoms with Gasteiger partial charge in [0.05, 0.1) is 10.6 Å². The van der Waals surface area contributed by atoms with Crippen LogP contribution in [0.5, 0.6) is 5.75 Å². The van der Waals surface area contributed by atoms with Crippen LogP contribution in [-0.4, -0.2) is 38.1 Å². The maximum Gasteiger partial charge on any atom is 0.296 e. The monoisotopic (exact) mass is 556 g/mol. The fourth-order valence-corrected chi connectivity index (χ4v) is 5.10. The summed E-state index contributed by atoms with van der Waals surface area (Å²) in [7, 11) is -7.47. The van der Waals surface area contributed by atoms with Crippen LogP contribution in [0, 0.1) is 6.92 Å². The van der Waals surface area contributed by atoms with Crippen molar-refractivity contribution in [2.45, 2.75) is 23.3 Å². The van der Waals surface area contributed by atoms with Gasteiger partial charge in [0.1, 0.15) is 16.3 Å². The second-order valence-electron chi connectivity index (χ2n) is 8.43. The molecular formula is C25H24N4O7S2. The number of fused-ring (bicyclic) bond motifs is 1. The van der Waals surface area contributed by atoms with Crippen molar-refractivity contribution in [1.82, 2.24) is 5.32 Å². The molecule has 0 atom stereocenters. The summed E-state index contributed by atoms with van der Waals surface area (Å²) in [5, 5.41) is 25.8. The SMILES string of the molecule is CNCc1ccc(S(=O)(=O)O)c(N=Nc2c(C)cc3cc(S(=O)(=O)O)cc(Nc4ccccc4)c3c2O)c1. The first-order chi connectivity index (χ1) is 17.9. The summed E-state index contributed by atoms with van der Waals surface area (Å²) >= 11 is 0. The van der Waals surface area contributed by atoms with Gasteiger partial charge in [0, 0.05) is 17.6 Å². The summed E-state index contributed by atoms with van der Waals surface area (Å²) in [5.74, 6) is -0.358. The average molecular weight is 557 g/mol. The number of anilines is 2. The quantitative estimate of drug-likeness (QED) is 0.144. The third-order valence-electron chi connectivity index (χ3n) is 5.64. The number of hydrogen-bond donors (Lipinski definition) is 5. The Kier molecular flexibility index (Phi) is 7.49. The van der Waals surface area contributed by atoms with Crippen molar-refractivity contribution in [3.8, 4) is 5.75 Å². The topological polar surface area (TPSA) is 178 Å². The molecule has 4 rings (SSSR count). The highest BCUT2D eigenvalue weighted by molar-refractivity contribution is 7.86. The zero-order valence-corrected chi connectivity index (χ0v) is 21.9. The minimum Gasteiger partial charge on any atom is -0.505 e. The lowest BCUT2D eigenvalue weighted by Gasteiger charge is -2.15. The number of nitrogens with zero attached hydrogens (tertiary/aromatic N) is 2. The first kappa shape index (κ1) is 27.2. The van der Waals surface area contributed by atoms with Crippen molar-refractivity contribution in [1.29, 1.82) is 0 Å².